The molecule has 0 bridgehead atoms. The Bertz CT molecular complexity index is 634. The molecule has 21 heavy (non-hydrogen) atoms. The number of hydrogen-bond acceptors (Lipinski definition) is 3. The zero-order valence-corrected chi connectivity index (χ0v) is 14.5. The summed E-state index contributed by atoms with van der Waals surface area (Å²) < 4.78 is 11.7. The van der Waals surface area contributed by atoms with Crippen LogP contribution in [0.4, 0.5) is 0 Å². The largest absolute Gasteiger partial charge is 0.496 e. The Morgan fingerprint density at radius 2 is 1.81 bits per heavy atom. The Labute approximate surface area is 138 Å². The molecule has 2 rings (SSSR count). The van der Waals surface area contributed by atoms with Crippen molar-refractivity contribution in [2.75, 3.05) is 21.3 Å². The molecule has 1 atom stereocenters. The number of benzene rings is 2. The van der Waals surface area contributed by atoms with Crippen LogP contribution in [0, 0.1) is 0 Å². The average molecular weight is 371 g/mol. The molecule has 0 aliphatic heterocycles. The summed E-state index contributed by atoms with van der Waals surface area (Å²) in [5.74, 6) is 1.54. The maximum absolute atomic E-state index is 6.10. The van der Waals surface area contributed by atoms with Crippen molar-refractivity contribution in [3.8, 4) is 11.5 Å². The third-order valence-corrected chi connectivity index (χ3v) is 4.14. The lowest BCUT2D eigenvalue weighted by Crippen LogP contribution is -2.18. The molecule has 1 unspecified atom stereocenters. The van der Waals surface area contributed by atoms with Crippen molar-refractivity contribution in [1.82, 2.24) is 5.32 Å². The van der Waals surface area contributed by atoms with Crippen LogP contribution in [-0.4, -0.2) is 21.3 Å². The lowest BCUT2D eigenvalue weighted by molar-refractivity contribution is 0.393. The Morgan fingerprint density at radius 1 is 1.10 bits per heavy atom. The summed E-state index contributed by atoms with van der Waals surface area (Å²) in [7, 11) is 5.20. The number of rotatable bonds is 5. The molecule has 0 spiro atoms. The van der Waals surface area contributed by atoms with Gasteiger partial charge in [-0.25, -0.2) is 0 Å². The minimum absolute atomic E-state index is 0.0411. The van der Waals surface area contributed by atoms with E-state index in [1.807, 2.05) is 43.4 Å². The second-order valence-corrected chi connectivity index (χ2v) is 5.80. The normalized spacial score (nSPS) is 12.0. The first-order chi connectivity index (χ1) is 10.1. The van der Waals surface area contributed by atoms with E-state index < -0.39 is 0 Å². The van der Waals surface area contributed by atoms with Gasteiger partial charge in [0.15, 0.2) is 0 Å². The smallest absolute Gasteiger partial charge is 0.133 e. The molecule has 0 radical (unpaired) electrons. The van der Waals surface area contributed by atoms with Gasteiger partial charge in [0.2, 0.25) is 0 Å². The van der Waals surface area contributed by atoms with Gasteiger partial charge in [0.25, 0.3) is 0 Å². The summed E-state index contributed by atoms with van der Waals surface area (Å²) in [6.07, 6.45) is 0. The lowest BCUT2D eigenvalue weighted by atomic mass is 9.97. The van der Waals surface area contributed by atoms with Crippen LogP contribution in [0.3, 0.4) is 0 Å². The van der Waals surface area contributed by atoms with Crippen LogP contribution in [0.5, 0.6) is 11.5 Å². The molecule has 0 heterocycles. The number of hydrogen-bond donors (Lipinski definition) is 1. The van der Waals surface area contributed by atoms with Crippen molar-refractivity contribution in [3.05, 3.63) is 57.0 Å². The number of halogens is 2. The minimum atomic E-state index is -0.0411. The summed E-state index contributed by atoms with van der Waals surface area (Å²) in [6.45, 7) is 0. The Hall–Kier alpha value is -1.23. The summed E-state index contributed by atoms with van der Waals surface area (Å²) >= 11 is 9.57. The molecular formula is C16H17BrClNO2. The van der Waals surface area contributed by atoms with E-state index in [2.05, 4.69) is 21.2 Å². The second-order valence-electron chi connectivity index (χ2n) is 4.51. The van der Waals surface area contributed by atoms with Gasteiger partial charge >= 0.3 is 0 Å². The van der Waals surface area contributed by atoms with Gasteiger partial charge in [0.05, 0.1) is 24.7 Å². The SMILES string of the molecule is CNC(c1cccc(Cl)c1)c1cc(OC)c(Br)cc1OC. The van der Waals surface area contributed by atoms with Crippen LogP contribution in [-0.2, 0) is 0 Å². The van der Waals surface area contributed by atoms with Crippen molar-refractivity contribution in [2.24, 2.45) is 0 Å². The van der Waals surface area contributed by atoms with Gasteiger partial charge in [0, 0.05) is 10.6 Å². The molecular weight excluding hydrogens is 354 g/mol. The molecule has 0 fully saturated rings. The van der Waals surface area contributed by atoms with E-state index >= 15 is 0 Å². The van der Waals surface area contributed by atoms with Crippen LogP contribution >= 0.6 is 27.5 Å². The third kappa shape index (κ3) is 3.51. The first kappa shape index (κ1) is 16.1. The fraction of sp³-hybridized carbons (Fsp3) is 0.250. The fourth-order valence-electron chi connectivity index (χ4n) is 2.30. The van der Waals surface area contributed by atoms with Crippen LogP contribution in [0.2, 0.25) is 5.02 Å². The van der Waals surface area contributed by atoms with Crippen LogP contribution in [0.15, 0.2) is 40.9 Å². The second kappa shape index (κ2) is 7.16. The molecule has 0 aromatic heterocycles. The molecule has 0 aliphatic carbocycles. The van der Waals surface area contributed by atoms with Crippen LogP contribution in [0.1, 0.15) is 17.2 Å². The van der Waals surface area contributed by atoms with Crippen LogP contribution in [0.25, 0.3) is 0 Å². The lowest BCUT2D eigenvalue weighted by Gasteiger charge is -2.21. The molecule has 2 aromatic rings. The summed E-state index contributed by atoms with van der Waals surface area (Å²) in [5, 5.41) is 4.00. The highest BCUT2D eigenvalue weighted by atomic mass is 79.9. The van der Waals surface area contributed by atoms with E-state index in [4.69, 9.17) is 21.1 Å². The zero-order valence-electron chi connectivity index (χ0n) is 12.1. The highest BCUT2D eigenvalue weighted by molar-refractivity contribution is 9.10. The van der Waals surface area contributed by atoms with E-state index in [9.17, 15) is 0 Å². The Morgan fingerprint density at radius 3 is 2.38 bits per heavy atom. The molecule has 2 aromatic carbocycles. The number of nitrogens with one attached hydrogen (secondary N) is 1. The van der Waals surface area contributed by atoms with Gasteiger partial charge in [-0.15, -0.1) is 0 Å². The van der Waals surface area contributed by atoms with Gasteiger partial charge in [-0.05, 0) is 52.8 Å². The molecule has 0 saturated heterocycles. The minimum Gasteiger partial charge on any atom is -0.496 e. The highest BCUT2D eigenvalue weighted by Crippen LogP contribution is 2.38. The van der Waals surface area contributed by atoms with Gasteiger partial charge in [0.1, 0.15) is 11.5 Å². The molecule has 3 nitrogen and oxygen atoms in total. The quantitative estimate of drug-likeness (QED) is 0.844. The molecule has 5 heteroatoms. The Balaban J connectivity index is 2.56. The van der Waals surface area contributed by atoms with E-state index in [0.29, 0.717) is 5.02 Å². The van der Waals surface area contributed by atoms with Crippen molar-refractivity contribution >= 4 is 27.5 Å². The maximum Gasteiger partial charge on any atom is 0.133 e. The zero-order chi connectivity index (χ0) is 15.4. The fourth-order valence-corrected chi connectivity index (χ4v) is 2.98. The summed E-state index contributed by atoms with van der Waals surface area (Å²) in [5.41, 5.74) is 2.05. The van der Waals surface area contributed by atoms with Gasteiger partial charge in [-0.1, -0.05) is 23.7 Å². The highest BCUT2D eigenvalue weighted by Gasteiger charge is 2.19. The van der Waals surface area contributed by atoms with Crippen molar-refractivity contribution in [3.63, 3.8) is 0 Å². The predicted molar refractivity (Wildman–Crippen MR) is 89.6 cm³/mol. The topological polar surface area (TPSA) is 30.5 Å². The van der Waals surface area contributed by atoms with Gasteiger partial charge in [-0.2, -0.15) is 0 Å². The first-order valence-electron chi connectivity index (χ1n) is 6.44. The van der Waals surface area contributed by atoms with Gasteiger partial charge in [-0.3, -0.25) is 0 Å². The predicted octanol–water partition coefficient (Wildman–Crippen LogP) is 4.43. The molecule has 0 saturated carbocycles. The monoisotopic (exact) mass is 369 g/mol. The van der Waals surface area contributed by atoms with Crippen molar-refractivity contribution in [2.45, 2.75) is 6.04 Å². The van der Waals surface area contributed by atoms with E-state index in [-0.39, 0.29) is 6.04 Å². The first-order valence-corrected chi connectivity index (χ1v) is 7.62. The maximum atomic E-state index is 6.10. The summed E-state index contributed by atoms with van der Waals surface area (Å²) in [6, 6.07) is 11.6. The van der Waals surface area contributed by atoms with Gasteiger partial charge < -0.3 is 14.8 Å². The van der Waals surface area contributed by atoms with E-state index in [0.717, 1.165) is 27.1 Å². The van der Waals surface area contributed by atoms with Crippen molar-refractivity contribution < 1.29 is 9.47 Å². The molecule has 0 aliphatic rings. The summed E-state index contributed by atoms with van der Waals surface area (Å²) in [4.78, 5) is 0. The van der Waals surface area contributed by atoms with Crippen LogP contribution < -0.4 is 14.8 Å². The van der Waals surface area contributed by atoms with Crippen molar-refractivity contribution in [1.29, 1.82) is 0 Å². The van der Waals surface area contributed by atoms with E-state index in [1.165, 1.54) is 0 Å². The standard InChI is InChI=1S/C16H17BrClNO2/c1-19-16(10-5-4-6-11(18)7-10)12-8-15(21-3)13(17)9-14(12)20-2/h4-9,16,19H,1-3H3. The van der Waals surface area contributed by atoms with E-state index in [1.54, 1.807) is 14.2 Å². The number of methoxy groups -OCH3 is 2. The molecule has 0 amide bonds. The Kier molecular flexibility index (Phi) is 5.51. The number of ether oxygens (including phenoxy) is 2. The molecule has 1 N–H and O–H groups in total. The average Bonchev–Trinajstić information content (AvgIpc) is 2.49. The third-order valence-electron chi connectivity index (χ3n) is 3.29. The molecule has 112 valence electrons.